The SMILES string of the molecule is COC(=O)c1ccc(N)c(Nc2ccc(C(N)=O)cc2)c1. The van der Waals surface area contributed by atoms with Crippen LogP contribution in [0.15, 0.2) is 42.5 Å². The molecule has 0 radical (unpaired) electrons. The number of anilines is 3. The zero-order valence-corrected chi connectivity index (χ0v) is 11.4. The summed E-state index contributed by atoms with van der Waals surface area (Å²) in [7, 11) is 1.31. The van der Waals surface area contributed by atoms with Crippen LogP contribution in [0.5, 0.6) is 0 Å². The highest BCUT2D eigenvalue weighted by atomic mass is 16.5. The van der Waals surface area contributed by atoms with Crippen molar-refractivity contribution in [3.8, 4) is 0 Å². The van der Waals surface area contributed by atoms with E-state index >= 15 is 0 Å². The average Bonchev–Trinajstić information content (AvgIpc) is 2.49. The Bertz CT molecular complexity index is 681. The van der Waals surface area contributed by atoms with Crippen molar-refractivity contribution in [1.29, 1.82) is 0 Å². The molecule has 0 spiro atoms. The number of methoxy groups -OCH3 is 1. The number of nitrogen functional groups attached to an aromatic ring is 1. The van der Waals surface area contributed by atoms with Gasteiger partial charge < -0.3 is 21.5 Å². The first-order chi connectivity index (χ1) is 10.0. The molecule has 1 amide bonds. The van der Waals surface area contributed by atoms with E-state index < -0.39 is 11.9 Å². The molecule has 0 atom stereocenters. The highest BCUT2D eigenvalue weighted by Gasteiger charge is 2.09. The third kappa shape index (κ3) is 3.30. The predicted molar refractivity (Wildman–Crippen MR) is 80.4 cm³/mol. The van der Waals surface area contributed by atoms with Crippen molar-refractivity contribution in [3.63, 3.8) is 0 Å². The van der Waals surface area contributed by atoms with E-state index in [1.807, 2.05) is 0 Å². The van der Waals surface area contributed by atoms with Gasteiger partial charge in [-0.05, 0) is 42.5 Å². The molecule has 5 N–H and O–H groups in total. The first-order valence-electron chi connectivity index (χ1n) is 6.16. The van der Waals surface area contributed by atoms with Crippen LogP contribution in [0.1, 0.15) is 20.7 Å². The van der Waals surface area contributed by atoms with Gasteiger partial charge in [-0.1, -0.05) is 0 Å². The fraction of sp³-hybridized carbons (Fsp3) is 0.0667. The second kappa shape index (κ2) is 5.96. The number of nitrogens with one attached hydrogen (secondary N) is 1. The summed E-state index contributed by atoms with van der Waals surface area (Å²) in [4.78, 5) is 22.5. The second-order valence-corrected chi connectivity index (χ2v) is 4.36. The number of carbonyl (C=O) groups is 2. The Morgan fingerprint density at radius 1 is 1.05 bits per heavy atom. The molecule has 0 unspecified atom stereocenters. The van der Waals surface area contributed by atoms with Crippen LogP contribution < -0.4 is 16.8 Å². The molecular weight excluding hydrogens is 270 g/mol. The maximum Gasteiger partial charge on any atom is 0.337 e. The highest BCUT2D eigenvalue weighted by Crippen LogP contribution is 2.25. The van der Waals surface area contributed by atoms with Gasteiger partial charge in [0.05, 0.1) is 24.0 Å². The standard InChI is InChI=1S/C15H15N3O3/c1-21-15(20)10-4-7-12(16)13(8-10)18-11-5-2-9(3-6-11)14(17)19/h2-8,18H,16H2,1H3,(H2,17,19). The first kappa shape index (κ1) is 14.4. The minimum absolute atomic E-state index is 0.392. The molecular formula is C15H15N3O3. The molecule has 2 rings (SSSR count). The number of esters is 1. The molecule has 6 nitrogen and oxygen atoms in total. The van der Waals surface area contributed by atoms with Crippen molar-refractivity contribution in [2.45, 2.75) is 0 Å². The van der Waals surface area contributed by atoms with Gasteiger partial charge in [-0.3, -0.25) is 4.79 Å². The van der Waals surface area contributed by atoms with Crippen LogP contribution in [0, 0.1) is 0 Å². The summed E-state index contributed by atoms with van der Waals surface area (Å²) in [5, 5.41) is 3.07. The molecule has 108 valence electrons. The summed E-state index contributed by atoms with van der Waals surface area (Å²) in [6.07, 6.45) is 0. The summed E-state index contributed by atoms with van der Waals surface area (Å²) in [6, 6.07) is 11.4. The predicted octanol–water partition coefficient (Wildman–Crippen LogP) is 1.90. The zero-order valence-electron chi connectivity index (χ0n) is 11.4. The van der Waals surface area contributed by atoms with Crippen LogP contribution in [-0.4, -0.2) is 19.0 Å². The number of hydrogen-bond donors (Lipinski definition) is 3. The molecule has 0 aromatic heterocycles. The van der Waals surface area contributed by atoms with Gasteiger partial charge in [0.2, 0.25) is 5.91 Å². The molecule has 0 fully saturated rings. The van der Waals surface area contributed by atoms with E-state index in [0.29, 0.717) is 28.2 Å². The van der Waals surface area contributed by atoms with Crippen LogP contribution in [0.4, 0.5) is 17.1 Å². The van der Waals surface area contributed by atoms with Crippen LogP contribution in [0.2, 0.25) is 0 Å². The average molecular weight is 285 g/mol. The summed E-state index contributed by atoms with van der Waals surface area (Å²) in [5.41, 5.74) is 13.6. The smallest absolute Gasteiger partial charge is 0.337 e. The Balaban J connectivity index is 2.26. The van der Waals surface area contributed by atoms with Crippen LogP contribution in [0.25, 0.3) is 0 Å². The van der Waals surface area contributed by atoms with Crippen LogP contribution in [0.3, 0.4) is 0 Å². The molecule has 0 aliphatic carbocycles. The van der Waals surface area contributed by atoms with Crippen molar-refractivity contribution < 1.29 is 14.3 Å². The molecule has 2 aromatic carbocycles. The maximum atomic E-state index is 11.5. The Morgan fingerprint density at radius 2 is 1.67 bits per heavy atom. The number of nitrogens with two attached hydrogens (primary N) is 2. The van der Waals surface area contributed by atoms with Gasteiger partial charge in [-0.25, -0.2) is 4.79 Å². The van der Waals surface area contributed by atoms with E-state index in [1.165, 1.54) is 7.11 Å². The van der Waals surface area contributed by atoms with Crippen LogP contribution in [-0.2, 0) is 4.74 Å². The molecule has 2 aromatic rings. The molecule has 0 heterocycles. The van der Waals surface area contributed by atoms with E-state index in [9.17, 15) is 9.59 Å². The highest BCUT2D eigenvalue weighted by molar-refractivity contribution is 5.94. The zero-order chi connectivity index (χ0) is 15.4. The fourth-order valence-corrected chi connectivity index (χ4v) is 1.78. The lowest BCUT2D eigenvalue weighted by Gasteiger charge is -2.11. The van der Waals surface area contributed by atoms with Gasteiger partial charge in [0.25, 0.3) is 0 Å². The van der Waals surface area contributed by atoms with Crippen molar-refractivity contribution in [2.24, 2.45) is 5.73 Å². The molecule has 0 aliphatic heterocycles. The summed E-state index contributed by atoms with van der Waals surface area (Å²) in [5.74, 6) is -0.934. The van der Waals surface area contributed by atoms with Gasteiger partial charge >= 0.3 is 5.97 Å². The molecule has 0 saturated heterocycles. The maximum absolute atomic E-state index is 11.5. The number of hydrogen-bond acceptors (Lipinski definition) is 5. The Hall–Kier alpha value is -3.02. The minimum Gasteiger partial charge on any atom is -0.465 e. The Kier molecular flexibility index (Phi) is 4.08. The van der Waals surface area contributed by atoms with Crippen LogP contribution >= 0.6 is 0 Å². The summed E-state index contributed by atoms with van der Waals surface area (Å²) in [6.45, 7) is 0. The van der Waals surface area contributed by atoms with Gasteiger partial charge in [0.15, 0.2) is 0 Å². The lowest BCUT2D eigenvalue weighted by atomic mass is 10.1. The molecule has 6 heteroatoms. The number of ether oxygens (including phenoxy) is 1. The second-order valence-electron chi connectivity index (χ2n) is 4.36. The van der Waals surface area contributed by atoms with Crippen molar-refractivity contribution in [2.75, 3.05) is 18.2 Å². The van der Waals surface area contributed by atoms with Crippen molar-refractivity contribution in [3.05, 3.63) is 53.6 Å². The summed E-state index contributed by atoms with van der Waals surface area (Å²) < 4.78 is 4.66. The van der Waals surface area contributed by atoms with Crippen molar-refractivity contribution >= 4 is 28.9 Å². The van der Waals surface area contributed by atoms with E-state index in [0.717, 1.165) is 0 Å². The topological polar surface area (TPSA) is 107 Å². The van der Waals surface area contributed by atoms with Gasteiger partial charge in [-0.2, -0.15) is 0 Å². The quantitative estimate of drug-likeness (QED) is 0.587. The lowest BCUT2D eigenvalue weighted by molar-refractivity contribution is 0.0600. The van der Waals surface area contributed by atoms with E-state index in [2.05, 4.69) is 10.1 Å². The largest absolute Gasteiger partial charge is 0.465 e. The van der Waals surface area contributed by atoms with Crippen molar-refractivity contribution in [1.82, 2.24) is 0 Å². The van der Waals surface area contributed by atoms with E-state index in [1.54, 1.807) is 42.5 Å². The monoisotopic (exact) mass is 285 g/mol. The normalized spacial score (nSPS) is 9.95. The summed E-state index contributed by atoms with van der Waals surface area (Å²) >= 11 is 0. The number of benzene rings is 2. The molecule has 21 heavy (non-hydrogen) atoms. The van der Waals surface area contributed by atoms with Gasteiger partial charge in [0, 0.05) is 11.3 Å². The number of amides is 1. The third-order valence-electron chi connectivity index (χ3n) is 2.92. The third-order valence-corrected chi connectivity index (χ3v) is 2.92. The number of primary amides is 1. The first-order valence-corrected chi connectivity index (χ1v) is 6.16. The lowest BCUT2D eigenvalue weighted by Crippen LogP contribution is -2.10. The van der Waals surface area contributed by atoms with E-state index in [-0.39, 0.29) is 0 Å². The minimum atomic E-state index is -0.492. The number of rotatable bonds is 4. The van der Waals surface area contributed by atoms with E-state index in [4.69, 9.17) is 11.5 Å². The Labute approximate surface area is 121 Å². The molecule has 0 bridgehead atoms. The van der Waals surface area contributed by atoms with Gasteiger partial charge in [-0.15, -0.1) is 0 Å². The molecule has 0 aliphatic rings. The van der Waals surface area contributed by atoms with Gasteiger partial charge in [0.1, 0.15) is 0 Å². The Morgan fingerprint density at radius 3 is 2.24 bits per heavy atom. The molecule has 0 saturated carbocycles. The number of carbonyl (C=O) groups excluding carboxylic acids is 2. The fourth-order valence-electron chi connectivity index (χ4n) is 1.78.